The van der Waals surface area contributed by atoms with Crippen LogP contribution in [0.15, 0.2) is 24.5 Å². The molecule has 3 aliphatic heterocycles. The van der Waals surface area contributed by atoms with Crippen molar-refractivity contribution in [3.63, 3.8) is 0 Å². The number of pyridine rings is 1. The van der Waals surface area contributed by atoms with Crippen LogP contribution in [0.4, 0.5) is 4.79 Å². The molecule has 1 aromatic rings. The number of imide groups is 1. The van der Waals surface area contributed by atoms with Gasteiger partial charge >= 0.3 is 6.03 Å². The van der Waals surface area contributed by atoms with Gasteiger partial charge in [-0.15, -0.1) is 0 Å². The Morgan fingerprint density at radius 2 is 2.10 bits per heavy atom. The van der Waals surface area contributed by atoms with Crippen LogP contribution in [-0.4, -0.2) is 94.6 Å². The summed E-state index contributed by atoms with van der Waals surface area (Å²) in [4.78, 5) is 36.7. The van der Waals surface area contributed by atoms with Crippen molar-refractivity contribution in [2.24, 2.45) is 0 Å². The first-order valence-electron chi connectivity index (χ1n) is 11.0. The fraction of sp³-hybridized carbons (Fsp3) is 0.682. The SMILES string of the molecule is COCCN1C(=O)N(CCCc2cccnc2)C(=O)C12CCN([C@H]1CCSC1)CC2. The molecule has 3 amide bonds. The van der Waals surface area contributed by atoms with E-state index in [2.05, 4.69) is 9.88 Å². The van der Waals surface area contributed by atoms with Crippen LogP contribution in [-0.2, 0) is 16.0 Å². The standard InChI is InChI=1S/C22H32N4O3S/c1-29-14-13-26-21(28)25(10-3-5-18-4-2-9-23-16-18)20(27)22(26)7-11-24(12-8-22)19-6-15-30-17-19/h2,4,9,16,19H,3,5-8,10-15,17H2,1H3/t19-/m0/s1. The van der Waals surface area contributed by atoms with E-state index >= 15 is 0 Å². The maximum atomic E-state index is 13.5. The number of methoxy groups -OCH3 is 1. The normalized spacial score (nSPS) is 24.4. The maximum absolute atomic E-state index is 13.5. The number of thioether (sulfide) groups is 1. The van der Waals surface area contributed by atoms with Gasteiger partial charge in [-0.25, -0.2) is 4.79 Å². The number of hydrogen-bond donors (Lipinski definition) is 0. The molecule has 0 unspecified atom stereocenters. The van der Waals surface area contributed by atoms with Gasteiger partial charge in [-0.1, -0.05) is 6.07 Å². The van der Waals surface area contributed by atoms with Crippen molar-refractivity contribution >= 4 is 23.7 Å². The first kappa shape index (κ1) is 21.6. The van der Waals surface area contributed by atoms with Crippen LogP contribution in [0, 0.1) is 0 Å². The second kappa shape index (κ2) is 9.66. The van der Waals surface area contributed by atoms with E-state index in [1.165, 1.54) is 22.8 Å². The van der Waals surface area contributed by atoms with Crippen LogP contribution in [0.1, 0.15) is 31.2 Å². The van der Waals surface area contributed by atoms with Crippen molar-refractivity contribution in [2.75, 3.05) is 51.4 Å². The first-order valence-corrected chi connectivity index (χ1v) is 12.1. The van der Waals surface area contributed by atoms with Gasteiger partial charge in [0, 0.05) is 57.5 Å². The zero-order chi connectivity index (χ0) is 21.0. The Morgan fingerprint density at radius 3 is 2.77 bits per heavy atom. The molecule has 0 aromatic carbocycles. The lowest BCUT2D eigenvalue weighted by Crippen LogP contribution is -2.58. The van der Waals surface area contributed by atoms with Gasteiger partial charge in [0.05, 0.1) is 6.61 Å². The fourth-order valence-electron chi connectivity index (χ4n) is 5.01. The third-order valence-electron chi connectivity index (χ3n) is 6.76. The van der Waals surface area contributed by atoms with Gasteiger partial charge in [0.1, 0.15) is 5.54 Å². The van der Waals surface area contributed by atoms with Gasteiger partial charge in [-0.05, 0) is 49.5 Å². The zero-order valence-electron chi connectivity index (χ0n) is 17.8. The summed E-state index contributed by atoms with van der Waals surface area (Å²) >= 11 is 2.02. The van der Waals surface area contributed by atoms with Crippen LogP contribution in [0.25, 0.3) is 0 Å². The van der Waals surface area contributed by atoms with E-state index in [1.54, 1.807) is 13.3 Å². The Hall–Kier alpha value is -1.64. The number of ether oxygens (including phenoxy) is 1. The van der Waals surface area contributed by atoms with Gasteiger partial charge in [-0.2, -0.15) is 11.8 Å². The van der Waals surface area contributed by atoms with E-state index in [0.29, 0.717) is 25.7 Å². The number of likely N-dealkylation sites (tertiary alicyclic amines) is 1. The predicted octanol–water partition coefficient (Wildman–Crippen LogP) is 2.26. The lowest BCUT2D eigenvalue weighted by atomic mass is 9.85. The Bertz CT molecular complexity index is 733. The molecule has 3 saturated heterocycles. The smallest absolute Gasteiger partial charge is 0.327 e. The molecule has 0 radical (unpaired) electrons. The molecule has 3 fully saturated rings. The van der Waals surface area contributed by atoms with Crippen LogP contribution >= 0.6 is 11.8 Å². The zero-order valence-corrected chi connectivity index (χ0v) is 18.6. The Balaban J connectivity index is 1.43. The molecule has 0 aliphatic carbocycles. The number of hydrogen-bond acceptors (Lipinski definition) is 6. The maximum Gasteiger partial charge on any atom is 0.327 e. The Morgan fingerprint density at radius 1 is 1.27 bits per heavy atom. The third-order valence-corrected chi connectivity index (χ3v) is 7.90. The number of amides is 3. The van der Waals surface area contributed by atoms with Crippen molar-refractivity contribution < 1.29 is 14.3 Å². The number of rotatable bonds is 8. The highest BCUT2D eigenvalue weighted by atomic mass is 32.2. The van der Waals surface area contributed by atoms with Crippen LogP contribution < -0.4 is 0 Å². The van der Waals surface area contributed by atoms with Gasteiger partial charge in [0.2, 0.25) is 0 Å². The molecule has 0 saturated carbocycles. The topological polar surface area (TPSA) is 66.0 Å². The van der Waals surface area contributed by atoms with Crippen LogP contribution in [0.5, 0.6) is 0 Å². The van der Waals surface area contributed by atoms with Gasteiger partial charge in [0.15, 0.2) is 0 Å². The summed E-state index contributed by atoms with van der Waals surface area (Å²) < 4.78 is 5.25. The molecule has 1 atom stereocenters. The molecule has 30 heavy (non-hydrogen) atoms. The van der Waals surface area contributed by atoms with Gasteiger partial charge < -0.3 is 9.64 Å². The molecule has 4 rings (SSSR count). The summed E-state index contributed by atoms with van der Waals surface area (Å²) in [7, 11) is 1.64. The lowest BCUT2D eigenvalue weighted by Gasteiger charge is -2.43. The van der Waals surface area contributed by atoms with E-state index in [4.69, 9.17) is 4.74 Å². The van der Waals surface area contributed by atoms with E-state index in [-0.39, 0.29) is 11.9 Å². The van der Waals surface area contributed by atoms with E-state index in [9.17, 15) is 9.59 Å². The molecule has 8 heteroatoms. The van der Waals surface area contributed by atoms with Gasteiger partial charge in [0.25, 0.3) is 5.91 Å². The largest absolute Gasteiger partial charge is 0.383 e. The third kappa shape index (κ3) is 4.22. The Labute approximate surface area is 183 Å². The first-order chi connectivity index (χ1) is 14.7. The number of carbonyl (C=O) groups excluding carboxylic acids is 2. The number of aryl methyl sites for hydroxylation is 1. The molecular formula is C22H32N4O3S. The average Bonchev–Trinajstić information content (AvgIpc) is 3.37. The van der Waals surface area contributed by atoms with Crippen molar-refractivity contribution in [3.8, 4) is 0 Å². The molecule has 3 aliphatic rings. The van der Waals surface area contributed by atoms with E-state index < -0.39 is 5.54 Å². The van der Waals surface area contributed by atoms with Crippen LogP contribution in [0.3, 0.4) is 0 Å². The van der Waals surface area contributed by atoms with Crippen molar-refractivity contribution in [1.29, 1.82) is 0 Å². The number of urea groups is 1. The molecule has 0 bridgehead atoms. The van der Waals surface area contributed by atoms with Crippen molar-refractivity contribution in [3.05, 3.63) is 30.1 Å². The number of nitrogens with zero attached hydrogens (tertiary/aromatic N) is 4. The number of piperidine rings is 1. The molecule has 0 N–H and O–H groups in total. The minimum absolute atomic E-state index is 0.00441. The molecule has 7 nitrogen and oxygen atoms in total. The summed E-state index contributed by atoms with van der Waals surface area (Å²) in [5.41, 5.74) is 0.442. The van der Waals surface area contributed by atoms with Crippen molar-refractivity contribution in [1.82, 2.24) is 19.7 Å². The molecule has 164 valence electrons. The minimum atomic E-state index is -0.688. The number of aromatic nitrogens is 1. The monoisotopic (exact) mass is 432 g/mol. The highest BCUT2D eigenvalue weighted by molar-refractivity contribution is 7.99. The van der Waals surface area contributed by atoms with Crippen molar-refractivity contribution in [2.45, 2.75) is 43.7 Å². The Kier molecular flexibility index (Phi) is 6.95. The molecule has 4 heterocycles. The molecule has 1 aromatic heterocycles. The predicted molar refractivity (Wildman–Crippen MR) is 118 cm³/mol. The summed E-state index contributed by atoms with van der Waals surface area (Å²) in [6.45, 7) is 3.15. The van der Waals surface area contributed by atoms with Crippen LogP contribution in [0.2, 0.25) is 0 Å². The average molecular weight is 433 g/mol. The number of carbonyl (C=O) groups is 2. The second-order valence-electron chi connectivity index (χ2n) is 8.43. The fourth-order valence-corrected chi connectivity index (χ4v) is 6.27. The highest BCUT2D eigenvalue weighted by Gasteiger charge is 2.57. The van der Waals surface area contributed by atoms with E-state index in [0.717, 1.165) is 44.3 Å². The minimum Gasteiger partial charge on any atom is -0.383 e. The summed E-state index contributed by atoms with van der Waals surface area (Å²) in [6.07, 6.45) is 7.84. The summed E-state index contributed by atoms with van der Waals surface area (Å²) in [6, 6.07) is 4.43. The quantitative estimate of drug-likeness (QED) is 0.587. The van der Waals surface area contributed by atoms with Gasteiger partial charge in [-0.3, -0.25) is 19.6 Å². The van der Waals surface area contributed by atoms with E-state index in [1.807, 2.05) is 35.0 Å². The molecule has 1 spiro atoms. The summed E-state index contributed by atoms with van der Waals surface area (Å²) in [5, 5.41) is 0. The highest BCUT2D eigenvalue weighted by Crippen LogP contribution is 2.38. The summed E-state index contributed by atoms with van der Waals surface area (Å²) in [5.74, 6) is 2.41. The second-order valence-corrected chi connectivity index (χ2v) is 9.58. The lowest BCUT2D eigenvalue weighted by molar-refractivity contribution is -0.136. The molecular weight excluding hydrogens is 400 g/mol.